The fourth-order valence-corrected chi connectivity index (χ4v) is 6.77. The lowest BCUT2D eigenvalue weighted by Gasteiger charge is -2.40. The molecule has 1 saturated heterocycles. The molecule has 0 aromatic rings. The number of carbonyl (C=O) groups is 1. The van der Waals surface area contributed by atoms with Gasteiger partial charge in [-0.25, -0.2) is 4.79 Å². The zero-order valence-corrected chi connectivity index (χ0v) is 31.8. The molecule has 1 aliphatic rings. The van der Waals surface area contributed by atoms with Gasteiger partial charge in [0, 0.05) is 0 Å². The Kier molecular flexibility index (Phi) is 30.8. The van der Waals surface area contributed by atoms with E-state index in [9.17, 15) is 25.2 Å². The van der Waals surface area contributed by atoms with E-state index in [4.69, 9.17) is 14.2 Å². The van der Waals surface area contributed by atoms with E-state index >= 15 is 0 Å². The molecule has 8 nitrogen and oxygen atoms in total. The largest absolute Gasteiger partial charge is 0.467 e. The second-order valence-corrected chi connectivity index (χ2v) is 14.5. The molecule has 0 aromatic heterocycles. The van der Waals surface area contributed by atoms with Gasteiger partial charge in [0.15, 0.2) is 12.4 Å². The van der Waals surface area contributed by atoms with Gasteiger partial charge < -0.3 is 34.6 Å². The fraction of sp³-hybridized carbons (Fsp3) is 0.927. The van der Waals surface area contributed by atoms with Crippen molar-refractivity contribution in [1.29, 1.82) is 0 Å². The number of esters is 1. The normalized spacial score (nSPS) is 21.8. The summed E-state index contributed by atoms with van der Waals surface area (Å²) in [5.41, 5.74) is 0. The van der Waals surface area contributed by atoms with Crippen LogP contribution in [0.3, 0.4) is 0 Å². The highest BCUT2D eigenvalue weighted by atomic mass is 16.7. The average molecular weight is 699 g/mol. The van der Waals surface area contributed by atoms with Crippen LogP contribution in [0.1, 0.15) is 193 Å². The van der Waals surface area contributed by atoms with Gasteiger partial charge in [-0.2, -0.15) is 0 Å². The number of aliphatic hydroxyl groups excluding tert-OH is 4. The summed E-state index contributed by atoms with van der Waals surface area (Å²) in [5, 5.41) is 39.5. The van der Waals surface area contributed by atoms with E-state index in [1.54, 1.807) is 0 Å². The van der Waals surface area contributed by atoms with Crippen LogP contribution in [0.2, 0.25) is 0 Å². The summed E-state index contributed by atoms with van der Waals surface area (Å²) in [5.74, 6) is -0.595. The zero-order chi connectivity index (χ0) is 35.8. The predicted molar refractivity (Wildman–Crippen MR) is 199 cm³/mol. The molecule has 0 bridgehead atoms. The van der Waals surface area contributed by atoms with E-state index in [2.05, 4.69) is 19.1 Å². The molecule has 1 rings (SSSR count). The fourth-order valence-electron chi connectivity index (χ4n) is 6.77. The molecular formula is C41H78O8. The van der Waals surface area contributed by atoms with Crippen LogP contribution in [0.25, 0.3) is 0 Å². The minimum Gasteiger partial charge on any atom is -0.467 e. The molecule has 1 heterocycles. The summed E-state index contributed by atoms with van der Waals surface area (Å²) in [4.78, 5) is 12.2. The summed E-state index contributed by atoms with van der Waals surface area (Å²) in [6, 6.07) is 0. The maximum absolute atomic E-state index is 12.2. The van der Waals surface area contributed by atoms with Crippen molar-refractivity contribution < 1.29 is 39.4 Å². The standard InChI is InChI=1S/C41H78O8/c1-3-4-5-6-7-8-9-10-11-12-13-14-15-16-17-18-19-20-21-22-23-24-25-26-27-28-29-30-31-32-33-35(40(46)47-2)48-41-39(45)38(44)37(43)36(34-42)49-41/h28-29,35-39,41-45H,3-27,30-34H2,1-2H3/b29-28+/t35-,36-,37+,38+,39-,41-/m1/s1. The number of aliphatic hydroxyl groups is 4. The van der Waals surface area contributed by atoms with Crippen LogP contribution in [0.4, 0.5) is 0 Å². The van der Waals surface area contributed by atoms with E-state index in [0.717, 1.165) is 19.3 Å². The lowest BCUT2D eigenvalue weighted by molar-refractivity contribution is -0.310. The lowest BCUT2D eigenvalue weighted by atomic mass is 9.99. The molecule has 0 amide bonds. The minimum absolute atomic E-state index is 0.370. The Morgan fingerprint density at radius 1 is 0.592 bits per heavy atom. The van der Waals surface area contributed by atoms with Crippen LogP contribution >= 0.6 is 0 Å². The van der Waals surface area contributed by atoms with Crippen LogP contribution in [-0.4, -0.2) is 76.9 Å². The molecule has 0 spiro atoms. The first kappa shape index (κ1) is 46.0. The van der Waals surface area contributed by atoms with E-state index in [0.29, 0.717) is 12.8 Å². The van der Waals surface area contributed by atoms with Gasteiger partial charge in [0.25, 0.3) is 0 Å². The molecule has 8 heteroatoms. The molecule has 1 aliphatic heterocycles. The van der Waals surface area contributed by atoms with Crippen molar-refractivity contribution in [3.05, 3.63) is 12.2 Å². The maximum atomic E-state index is 12.2. The molecule has 0 saturated carbocycles. The number of hydrogen-bond donors (Lipinski definition) is 4. The molecule has 0 aliphatic carbocycles. The van der Waals surface area contributed by atoms with Crippen molar-refractivity contribution in [2.75, 3.05) is 13.7 Å². The third-order valence-corrected chi connectivity index (χ3v) is 10.1. The monoisotopic (exact) mass is 699 g/mol. The van der Waals surface area contributed by atoms with Crippen molar-refractivity contribution in [2.45, 2.75) is 230 Å². The van der Waals surface area contributed by atoms with Gasteiger partial charge in [-0.15, -0.1) is 0 Å². The molecule has 290 valence electrons. The second kappa shape index (κ2) is 32.8. The van der Waals surface area contributed by atoms with Crippen LogP contribution in [-0.2, 0) is 19.0 Å². The van der Waals surface area contributed by atoms with Crippen LogP contribution in [0.5, 0.6) is 0 Å². The van der Waals surface area contributed by atoms with Gasteiger partial charge >= 0.3 is 5.97 Å². The smallest absolute Gasteiger partial charge is 0.335 e. The van der Waals surface area contributed by atoms with Crippen LogP contribution in [0, 0.1) is 0 Å². The number of hydrogen-bond acceptors (Lipinski definition) is 8. The van der Waals surface area contributed by atoms with Crippen molar-refractivity contribution in [3.8, 4) is 0 Å². The van der Waals surface area contributed by atoms with Gasteiger partial charge in [0.1, 0.15) is 24.4 Å². The van der Waals surface area contributed by atoms with E-state index in [-0.39, 0.29) is 0 Å². The second-order valence-electron chi connectivity index (χ2n) is 14.5. The molecule has 6 atom stereocenters. The number of methoxy groups -OCH3 is 1. The number of carbonyl (C=O) groups excluding carboxylic acids is 1. The molecule has 0 unspecified atom stereocenters. The molecular weight excluding hydrogens is 620 g/mol. The minimum atomic E-state index is -1.55. The Bertz CT molecular complexity index is 760. The zero-order valence-electron chi connectivity index (χ0n) is 31.8. The van der Waals surface area contributed by atoms with Gasteiger partial charge in [0.2, 0.25) is 0 Å². The summed E-state index contributed by atoms with van der Waals surface area (Å²) >= 11 is 0. The number of unbranched alkanes of at least 4 members (excludes halogenated alkanes) is 26. The third kappa shape index (κ3) is 24.0. The first-order valence-corrected chi connectivity index (χ1v) is 20.6. The van der Waals surface area contributed by atoms with Gasteiger partial charge in [-0.05, 0) is 38.5 Å². The SMILES string of the molecule is CCCCCCCCCCCCCCCCCCCCCCCCCC/C=C/CCCC[C@@H](O[C@@H]1O[C@H](CO)[C@H](O)[C@H](O)[C@H]1O)C(=O)OC. The maximum Gasteiger partial charge on any atom is 0.335 e. The highest BCUT2D eigenvalue weighted by molar-refractivity contribution is 5.74. The van der Waals surface area contributed by atoms with Crippen molar-refractivity contribution in [1.82, 2.24) is 0 Å². The number of rotatable bonds is 34. The van der Waals surface area contributed by atoms with Crippen LogP contribution in [0.15, 0.2) is 12.2 Å². The highest BCUT2D eigenvalue weighted by Crippen LogP contribution is 2.24. The van der Waals surface area contributed by atoms with E-state index < -0.39 is 49.4 Å². The molecule has 0 radical (unpaired) electrons. The van der Waals surface area contributed by atoms with Crippen LogP contribution < -0.4 is 0 Å². The summed E-state index contributed by atoms with van der Waals surface area (Å²) < 4.78 is 15.8. The number of ether oxygens (including phenoxy) is 3. The van der Waals surface area contributed by atoms with Gasteiger partial charge in [0.05, 0.1) is 13.7 Å². The summed E-state index contributed by atoms with van der Waals surface area (Å²) in [6.45, 7) is 1.73. The van der Waals surface area contributed by atoms with E-state index in [1.165, 1.54) is 161 Å². The Balaban J connectivity index is 1.88. The lowest BCUT2D eigenvalue weighted by Crippen LogP contribution is -2.60. The Labute approximate surface area is 300 Å². The Hall–Kier alpha value is -1.03. The molecule has 4 N–H and O–H groups in total. The van der Waals surface area contributed by atoms with E-state index in [1.807, 2.05) is 0 Å². The number of allylic oxidation sites excluding steroid dienone is 2. The first-order valence-electron chi connectivity index (χ1n) is 20.6. The summed E-state index contributed by atoms with van der Waals surface area (Å²) in [6.07, 6.45) is 34.2. The third-order valence-electron chi connectivity index (χ3n) is 10.1. The van der Waals surface area contributed by atoms with Gasteiger partial charge in [-0.1, -0.05) is 167 Å². The Morgan fingerprint density at radius 2 is 0.980 bits per heavy atom. The highest BCUT2D eigenvalue weighted by Gasteiger charge is 2.45. The topological polar surface area (TPSA) is 126 Å². The summed E-state index contributed by atoms with van der Waals surface area (Å²) in [7, 11) is 1.26. The molecule has 49 heavy (non-hydrogen) atoms. The molecule has 0 aromatic carbocycles. The van der Waals surface area contributed by atoms with Crippen molar-refractivity contribution in [2.24, 2.45) is 0 Å². The van der Waals surface area contributed by atoms with Crippen molar-refractivity contribution >= 4 is 5.97 Å². The predicted octanol–water partition coefficient (Wildman–Crippen LogP) is 9.23. The average Bonchev–Trinajstić information content (AvgIpc) is 3.11. The van der Waals surface area contributed by atoms with Crippen molar-refractivity contribution in [3.63, 3.8) is 0 Å². The first-order chi connectivity index (χ1) is 24.0. The van der Waals surface area contributed by atoms with Gasteiger partial charge in [-0.3, -0.25) is 0 Å². The Morgan fingerprint density at radius 3 is 1.37 bits per heavy atom. The molecule has 1 fully saturated rings. The quantitative estimate of drug-likeness (QED) is 0.0298.